The van der Waals surface area contributed by atoms with E-state index in [0.717, 1.165) is 24.1 Å². The number of hydrogen-bond acceptors (Lipinski definition) is 5. The number of nitrogens with one attached hydrogen (secondary N) is 1. The molecule has 0 radical (unpaired) electrons. The molecule has 3 rings (SSSR count). The molecule has 0 atom stereocenters. The zero-order valence-electron chi connectivity index (χ0n) is 15.2. The van der Waals surface area contributed by atoms with Crippen LogP contribution >= 0.6 is 0 Å². The summed E-state index contributed by atoms with van der Waals surface area (Å²) in [5.41, 5.74) is 4.86. The number of nitro groups is 1. The zero-order chi connectivity index (χ0) is 19.9. The molecule has 2 aromatic rings. The van der Waals surface area contributed by atoms with Gasteiger partial charge in [-0.15, -0.1) is 0 Å². The monoisotopic (exact) mass is 380 g/mol. The molecule has 0 fully saturated rings. The first-order valence-corrected chi connectivity index (χ1v) is 8.99. The van der Waals surface area contributed by atoms with E-state index in [4.69, 9.17) is 0 Å². The maximum Gasteiger partial charge on any atom is 0.270 e. The van der Waals surface area contributed by atoms with E-state index in [1.54, 1.807) is 11.0 Å². The molecule has 8 nitrogen and oxygen atoms in total. The van der Waals surface area contributed by atoms with Crippen LogP contribution in [0.1, 0.15) is 30.4 Å². The van der Waals surface area contributed by atoms with Gasteiger partial charge in [0, 0.05) is 42.8 Å². The Morgan fingerprint density at radius 3 is 2.82 bits per heavy atom. The number of amides is 2. The fourth-order valence-electron chi connectivity index (χ4n) is 3.10. The number of nitrogens with zero attached hydrogens (tertiary/aromatic N) is 3. The molecule has 8 heteroatoms. The van der Waals surface area contributed by atoms with Gasteiger partial charge in [0.2, 0.25) is 11.8 Å². The molecule has 144 valence electrons. The number of fused-ring (bicyclic) bond motifs is 1. The van der Waals surface area contributed by atoms with Crippen LogP contribution in [0.15, 0.2) is 53.6 Å². The fourth-order valence-corrected chi connectivity index (χ4v) is 3.10. The van der Waals surface area contributed by atoms with Crippen molar-refractivity contribution in [3.63, 3.8) is 0 Å². The SMILES string of the molecule is O=C(CCC(=O)N1CCCc2ccccc21)N/N=C/c1cccc([N+](=O)[O-])c1. The number of hydrogen-bond donors (Lipinski definition) is 1. The summed E-state index contributed by atoms with van der Waals surface area (Å²) in [6.45, 7) is 0.655. The largest absolute Gasteiger partial charge is 0.312 e. The first-order valence-electron chi connectivity index (χ1n) is 8.99. The van der Waals surface area contributed by atoms with E-state index in [0.29, 0.717) is 12.1 Å². The summed E-state index contributed by atoms with van der Waals surface area (Å²) in [7, 11) is 0. The van der Waals surface area contributed by atoms with Gasteiger partial charge in [0.1, 0.15) is 0 Å². The molecule has 2 amide bonds. The van der Waals surface area contributed by atoms with Gasteiger partial charge in [-0.1, -0.05) is 30.3 Å². The normalized spacial score (nSPS) is 13.2. The Balaban J connectivity index is 1.50. The van der Waals surface area contributed by atoms with Gasteiger partial charge < -0.3 is 4.90 Å². The van der Waals surface area contributed by atoms with Crippen LogP contribution in [0, 0.1) is 10.1 Å². The number of anilines is 1. The van der Waals surface area contributed by atoms with Crippen LogP contribution in [-0.4, -0.2) is 29.5 Å². The Morgan fingerprint density at radius 2 is 2.00 bits per heavy atom. The fraction of sp³-hybridized carbons (Fsp3) is 0.250. The van der Waals surface area contributed by atoms with Crippen LogP contribution in [-0.2, 0) is 16.0 Å². The number of hydrazone groups is 1. The van der Waals surface area contributed by atoms with E-state index in [1.807, 2.05) is 24.3 Å². The second kappa shape index (κ2) is 8.90. The van der Waals surface area contributed by atoms with Crippen LogP contribution < -0.4 is 10.3 Å². The summed E-state index contributed by atoms with van der Waals surface area (Å²) >= 11 is 0. The first kappa shape index (κ1) is 19.2. The molecule has 0 spiro atoms. The third-order valence-corrected chi connectivity index (χ3v) is 4.46. The van der Waals surface area contributed by atoms with Crippen molar-refractivity contribution in [2.24, 2.45) is 5.10 Å². The van der Waals surface area contributed by atoms with Crippen molar-refractivity contribution in [3.05, 3.63) is 69.8 Å². The predicted octanol–water partition coefficient (Wildman–Crippen LogP) is 2.80. The summed E-state index contributed by atoms with van der Waals surface area (Å²) in [4.78, 5) is 36.4. The van der Waals surface area contributed by atoms with Crippen LogP contribution in [0.2, 0.25) is 0 Å². The lowest BCUT2D eigenvalue weighted by Gasteiger charge is -2.29. The highest BCUT2D eigenvalue weighted by Crippen LogP contribution is 2.27. The maximum atomic E-state index is 12.5. The molecule has 0 aliphatic carbocycles. The molecule has 0 bridgehead atoms. The zero-order valence-corrected chi connectivity index (χ0v) is 15.2. The quantitative estimate of drug-likeness (QED) is 0.472. The van der Waals surface area contributed by atoms with E-state index in [1.165, 1.54) is 24.4 Å². The van der Waals surface area contributed by atoms with Crippen LogP contribution in [0.25, 0.3) is 0 Å². The molecule has 1 N–H and O–H groups in total. The highest BCUT2D eigenvalue weighted by atomic mass is 16.6. The molecule has 28 heavy (non-hydrogen) atoms. The first-order chi connectivity index (χ1) is 13.5. The summed E-state index contributed by atoms with van der Waals surface area (Å²) in [6.07, 6.45) is 3.29. The van der Waals surface area contributed by atoms with Gasteiger partial charge >= 0.3 is 0 Å². The van der Waals surface area contributed by atoms with E-state index in [9.17, 15) is 19.7 Å². The van der Waals surface area contributed by atoms with Gasteiger partial charge in [-0.05, 0) is 24.5 Å². The van der Waals surface area contributed by atoms with Crippen molar-refractivity contribution < 1.29 is 14.5 Å². The second-order valence-electron chi connectivity index (χ2n) is 6.42. The molecule has 0 unspecified atom stereocenters. The molecule has 2 aromatic carbocycles. The lowest BCUT2D eigenvalue weighted by molar-refractivity contribution is -0.384. The number of aryl methyl sites for hydroxylation is 1. The van der Waals surface area contributed by atoms with Crippen LogP contribution in [0.5, 0.6) is 0 Å². The molecule has 0 aromatic heterocycles. The van der Waals surface area contributed by atoms with E-state index in [-0.39, 0.29) is 30.3 Å². The van der Waals surface area contributed by atoms with Gasteiger partial charge in [-0.3, -0.25) is 19.7 Å². The molecule has 1 aliphatic heterocycles. The third-order valence-electron chi connectivity index (χ3n) is 4.46. The van der Waals surface area contributed by atoms with Crippen LogP contribution in [0.4, 0.5) is 11.4 Å². The van der Waals surface area contributed by atoms with Gasteiger partial charge in [0.05, 0.1) is 11.1 Å². The minimum atomic E-state index is -0.500. The van der Waals surface area contributed by atoms with Crippen molar-refractivity contribution in [2.75, 3.05) is 11.4 Å². The molecule has 0 saturated carbocycles. The highest BCUT2D eigenvalue weighted by molar-refractivity contribution is 5.96. The van der Waals surface area contributed by atoms with Crippen molar-refractivity contribution in [3.8, 4) is 0 Å². The average molecular weight is 380 g/mol. The number of carbonyl (C=O) groups is 2. The number of non-ortho nitro benzene ring substituents is 1. The molecular formula is C20H20N4O4. The number of carbonyl (C=O) groups excluding carboxylic acids is 2. The Kier molecular flexibility index (Phi) is 6.11. The number of para-hydroxylation sites is 1. The molecule has 1 aliphatic rings. The standard InChI is InChI=1S/C20H20N4O4/c25-19(22-21-14-15-5-3-8-17(13-15)24(27)28)10-11-20(26)23-12-4-7-16-6-1-2-9-18(16)23/h1-3,5-6,8-9,13-14H,4,7,10-12H2,(H,22,25)/b21-14+. The maximum absolute atomic E-state index is 12.5. The summed E-state index contributed by atoms with van der Waals surface area (Å²) in [5.74, 6) is -0.481. The van der Waals surface area contributed by atoms with Crippen molar-refractivity contribution in [2.45, 2.75) is 25.7 Å². The second-order valence-corrected chi connectivity index (χ2v) is 6.42. The molecule has 1 heterocycles. The van der Waals surface area contributed by atoms with Crippen molar-refractivity contribution >= 4 is 29.4 Å². The van der Waals surface area contributed by atoms with Gasteiger partial charge in [-0.2, -0.15) is 5.10 Å². The van der Waals surface area contributed by atoms with Crippen molar-refractivity contribution in [1.29, 1.82) is 0 Å². The third kappa shape index (κ3) is 4.79. The number of benzene rings is 2. The van der Waals surface area contributed by atoms with Gasteiger partial charge in [0.25, 0.3) is 5.69 Å². The van der Waals surface area contributed by atoms with Gasteiger partial charge in [0.15, 0.2) is 0 Å². The Hall–Kier alpha value is -3.55. The lowest BCUT2D eigenvalue weighted by atomic mass is 10.0. The summed E-state index contributed by atoms with van der Waals surface area (Å²) < 4.78 is 0. The minimum Gasteiger partial charge on any atom is -0.312 e. The van der Waals surface area contributed by atoms with E-state index >= 15 is 0 Å². The number of rotatable bonds is 6. The van der Waals surface area contributed by atoms with Crippen LogP contribution in [0.3, 0.4) is 0 Å². The van der Waals surface area contributed by atoms with E-state index < -0.39 is 4.92 Å². The highest BCUT2D eigenvalue weighted by Gasteiger charge is 2.22. The summed E-state index contributed by atoms with van der Waals surface area (Å²) in [6, 6.07) is 13.7. The van der Waals surface area contributed by atoms with E-state index in [2.05, 4.69) is 10.5 Å². The Morgan fingerprint density at radius 1 is 1.18 bits per heavy atom. The number of nitro benzene ring substituents is 1. The van der Waals surface area contributed by atoms with Gasteiger partial charge in [-0.25, -0.2) is 5.43 Å². The topological polar surface area (TPSA) is 105 Å². The smallest absolute Gasteiger partial charge is 0.270 e. The lowest BCUT2D eigenvalue weighted by Crippen LogP contribution is -2.36. The van der Waals surface area contributed by atoms with Crippen molar-refractivity contribution in [1.82, 2.24) is 5.43 Å². The molecule has 0 saturated heterocycles. The summed E-state index contributed by atoms with van der Waals surface area (Å²) in [5, 5.41) is 14.5. The molecular weight excluding hydrogens is 360 g/mol. The predicted molar refractivity (Wildman–Crippen MR) is 105 cm³/mol. The Bertz CT molecular complexity index is 926. The minimum absolute atomic E-state index is 0.0176. The Labute approximate surface area is 162 Å². The average Bonchev–Trinajstić information content (AvgIpc) is 2.71.